The average Bonchev–Trinajstić information content (AvgIpc) is 2.80. The van der Waals surface area contributed by atoms with E-state index >= 15 is 0 Å². The second-order valence-electron chi connectivity index (χ2n) is 4.12. The number of nitrogen functional groups attached to an aromatic ring is 1. The molecule has 0 fully saturated rings. The first-order valence-electron chi connectivity index (χ1n) is 5.64. The lowest BCUT2D eigenvalue weighted by Gasteiger charge is -2.17. The van der Waals surface area contributed by atoms with Crippen molar-refractivity contribution in [1.29, 1.82) is 0 Å². The summed E-state index contributed by atoms with van der Waals surface area (Å²) in [5, 5.41) is 4.21. The third kappa shape index (κ3) is 2.10. The van der Waals surface area contributed by atoms with Crippen LogP contribution in [0, 0.1) is 13.8 Å². The molecule has 5 nitrogen and oxygen atoms in total. The molecule has 1 aromatic heterocycles. The molecule has 0 amide bonds. The van der Waals surface area contributed by atoms with E-state index in [1.807, 2.05) is 13.8 Å². The second kappa shape index (κ2) is 5.01. The van der Waals surface area contributed by atoms with Crippen molar-refractivity contribution in [1.82, 2.24) is 5.16 Å². The van der Waals surface area contributed by atoms with Crippen molar-refractivity contribution in [3.05, 3.63) is 22.2 Å². The van der Waals surface area contributed by atoms with Crippen LogP contribution in [0.4, 0.5) is 5.82 Å². The van der Waals surface area contributed by atoms with Crippen LogP contribution >= 0.6 is 11.6 Å². The normalized spacial score (nSPS) is 10.6. The molecule has 2 rings (SSSR count). The van der Waals surface area contributed by atoms with E-state index in [1.54, 1.807) is 20.3 Å². The molecule has 2 aromatic rings. The smallest absolute Gasteiger partial charge is 0.173 e. The molecule has 2 N–H and O–H groups in total. The Morgan fingerprint density at radius 1 is 1.16 bits per heavy atom. The number of anilines is 1. The van der Waals surface area contributed by atoms with Gasteiger partial charge in [0.05, 0.1) is 24.8 Å². The Morgan fingerprint density at radius 2 is 1.79 bits per heavy atom. The van der Waals surface area contributed by atoms with E-state index in [-0.39, 0.29) is 0 Å². The van der Waals surface area contributed by atoms with E-state index < -0.39 is 0 Å². The van der Waals surface area contributed by atoms with Crippen molar-refractivity contribution in [3.63, 3.8) is 0 Å². The number of aromatic nitrogens is 1. The number of benzene rings is 1. The predicted octanol–water partition coefficient (Wildman–Crippen LogP) is 3.21. The van der Waals surface area contributed by atoms with Crippen LogP contribution in [-0.2, 0) is 0 Å². The molecule has 0 aliphatic carbocycles. The van der Waals surface area contributed by atoms with Gasteiger partial charge in [0.2, 0.25) is 0 Å². The van der Waals surface area contributed by atoms with E-state index in [0.717, 1.165) is 16.7 Å². The molecule has 6 heteroatoms. The molecule has 1 heterocycles. The summed E-state index contributed by atoms with van der Waals surface area (Å²) in [6, 6.07) is 1.64. The molecular weight excluding hydrogens is 268 g/mol. The molecule has 1 aromatic carbocycles. The highest BCUT2D eigenvalue weighted by molar-refractivity contribution is 6.33. The number of hydrogen-bond donors (Lipinski definition) is 1. The van der Waals surface area contributed by atoms with Gasteiger partial charge in [0.25, 0.3) is 0 Å². The molecule has 0 unspecified atom stereocenters. The Kier molecular flexibility index (Phi) is 3.57. The van der Waals surface area contributed by atoms with Gasteiger partial charge in [-0.15, -0.1) is 0 Å². The van der Waals surface area contributed by atoms with Crippen LogP contribution in [0.5, 0.6) is 11.5 Å². The fraction of sp³-hybridized carbons (Fsp3) is 0.308. The molecular formula is C13H15ClN2O3. The number of ether oxygens (including phenoxy) is 2. The van der Waals surface area contributed by atoms with E-state index in [9.17, 15) is 0 Å². The highest BCUT2D eigenvalue weighted by atomic mass is 35.5. The van der Waals surface area contributed by atoms with Crippen LogP contribution < -0.4 is 15.2 Å². The summed E-state index contributed by atoms with van der Waals surface area (Å²) in [6.45, 7) is 3.73. The number of methoxy groups -OCH3 is 2. The fourth-order valence-electron chi connectivity index (χ4n) is 2.11. The lowest BCUT2D eigenvalue weighted by Crippen LogP contribution is -1.99. The van der Waals surface area contributed by atoms with Crippen molar-refractivity contribution in [2.45, 2.75) is 13.8 Å². The average molecular weight is 283 g/mol. The van der Waals surface area contributed by atoms with Gasteiger partial charge in [-0.25, -0.2) is 0 Å². The first-order valence-corrected chi connectivity index (χ1v) is 6.02. The predicted molar refractivity (Wildman–Crippen MR) is 73.9 cm³/mol. The van der Waals surface area contributed by atoms with Gasteiger partial charge in [0.15, 0.2) is 11.6 Å². The first-order chi connectivity index (χ1) is 9.01. The summed E-state index contributed by atoms with van der Waals surface area (Å²) < 4.78 is 16.0. The van der Waals surface area contributed by atoms with Gasteiger partial charge in [-0.05, 0) is 13.8 Å². The Bertz CT molecular complexity index is 623. The lowest BCUT2D eigenvalue weighted by atomic mass is 10.00. The highest BCUT2D eigenvalue weighted by Gasteiger charge is 2.23. The summed E-state index contributed by atoms with van der Waals surface area (Å²) in [7, 11) is 3.15. The van der Waals surface area contributed by atoms with Crippen LogP contribution in [-0.4, -0.2) is 19.4 Å². The van der Waals surface area contributed by atoms with E-state index in [4.69, 9.17) is 31.3 Å². The molecule has 0 bridgehead atoms. The summed E-state index contributed by atoms with van der Waals surface area (Å²) >= 11 is 6.27. The molecule has 0 atom stereocenters. The van der Waals surface area contributed by atoms with Gasteiger partial charge in [0, 0.05) is 17.2 Å². The van der Waals surface area contributed by atoms with Crippen molar-refractivity contribution >= 4 is 17.4 Å². The second-order valence-corrected chi connectivity index (χ2v) is 4.50. The minimum atomic E-state index is 0.308. The molecule has 0 radical (unpaired) electrons. The van der Waals surface area contributed by atoms with Gasteiger partial charge in [-0.1, -0.05) is 16.8 Å². The van der Waals surface area contributed by atoms with Gasteiger partial charge in [-0.3, -0.25) is 0 Å². The van der Waals surface area contributed by atoms with Crippen molar-refractivity contribution in [3.8, 4) is 22.8 Å². The minimum Gasteiger partial charge on any atom is -0.496 e. The maximum absolute atomic E-state index is 6.27. The number of hydrogen-bond acceptors (Lipinski definition) is 5. The molecule has 102 valence electrons. The van der Waals surface area contributed by atoms with Crippen LogP contribution in [0.2, 0.25) is 5.02 Å². The number of nitrogens with zero attached hydrogens (tertiary/aromatic N) is 1. The van der Waals surface area contributed by atoms with Crippen molar-refractivity contribution < 1.29 is 14.0 Å². The largest absolute Gasteiger partial charge is 0.496 e. The van der Waals surface area contributed by atoms with Crippen molar-refractivity contribution in [2.24, 2.45) is 0 Å². The third-order valence-electron chi connectivity index (χ3n) is 2.99. The Morgan fingerprint density at radius 3 is 2.26 bits per heavy atom. The Labute approximate surface area is 116 Å². The van der Waals surface area contributed by atoms with Gasteiger partial charge < -0.3 is 19.7 Å². The van der Waals surface area contributed by atoms with Gasteiger partial charge in [-0.2, -0.15) is 0 Å². The standard InChI is InChI=1S/C13H15ClN2O3/c1-6-10(8-5-9(15)16-19-8)12(17-3)7(2)11(14)13(6)18-4/h5H,1-4H3,(H2,15,16). The van der Waals surface area contributed by atoms with Gasteiger partial charge in [0.1, 0.15) is 11.5 Å². The quantitative estimate of drug-likeness (QED) is 0.936. The fourth-order valence-corrected chi connectivity index (χ4v) is 2.41. The topological polar surface area (TPSA) is 70.5 Å². The zero-order valence-electron chi connectivity index (χ0n) is 11.2. The monoisotopic (exact) mass is 282 g/mol. The van der Waals surface area contributed by atoms with Crippen LogP contribution in [0.25, 0.3) is 11.3 Å². The molecule has 0 saturated heterocycles. The summed E-state index contributed by atoms with van der Waals surface area (Å²) in [6.07, 6.45) is 0. The molecule has 0 aliphatic heterocycles. The summed E-state index contributed by atoms with van der Waals surface area (Å²) in [5.74, 6) is 2.04. The lowest BCUT2D eigenvalue weighted by molar-refractivity contribution is 0.393. The zero-order valence-corrected chi connectivity index (χ0v) is 12.0. The van der Waals surface area contributed by atoms with E-state index in [0.29, 0.717) is 28.1 Å². The molecule has 0 spiro atoms. The number of nitrogens with two attached hydrogens (primary N) is 1. The Hall–Kier alpha value is -1.88. The van der Waals surface area contributed by atoms with Crippen LogP contribution in [0.15, 0.2) is 10.6 Å². The number of halogens is 1. The summed E-state index contributed by atoms with van der Waals surface area (Å²) in [4.78, 5) is 0. The first kappa shape index (κ1) is 13.5. The van der Waals surface area contributed by atoms with Gasteiger partial charge >= 0.3 is 0 Å². The zero-order chi connectivity index (χ0) is 14.2. The molecule has 0 saturated carbocycles. The molecule has 0 aliphatic rings. The summed E-state index contributed by atoms with van der Waals surface area (Å²) in [5.41, 5.74) is 7.92. The minimum absolute atomic E-state index is 0.308. The highest BCUT2D eigenvalue weighted by Crippen LogP contribution is 2.46. The molecule has 19 heavy (non-hydrogen) atoms. The SMILES string of the molecule is COc1c(C)c(-c2cc(N)no2)c(OC)c(C)c1Cl. The number of rotatable bonds is 3. The third-order valence-corrected chi connectivity index (χ3v) is 3.45. The maximum atomic E-state index is 6.27. The van der Waals surface area contributed by atoms with E-state index in [1.165, 1.54) is 0 Å². The Balaban J connectivity index is 2.81. The maximum Gasteiger partial charge on any atom is 0.173 e. The van der Waals surface area contributed by atoms with Crippen LogP contribution in [0.1, 0.15) is 11.1 Å². The van der Waals surface area contributed by atoms with Crippen LogP contribution in [0.3, 0.4) is 0 Å². The van der Waals surface area contributed by atoms with Crippen molar-refractivity contribution in [2.75, 3.05) is 20.0 Å². The van der Waals surface area contributed by atoms with E-state index in [2.05, 4.69) is 5.16 Å².